The Labute approximate surface area is 233 Å². The number of hydrogen-bond acceptors (Lipinski definition) is 10. The molecule has 11 nitrogen and oxygen atoms in total. The highest BCUT2D eigenvalue weighted by atomic mass is 32.2. The van der Waals surface area contributed by atoms with Crippen molar-refractivity contribution in [1.29, 1.82) is 0 Å². The highest BCUT2D eigenvalue weighted by Gasteiger charge is 2.36. The van der Waals surface area contributed by atoms with Crippen molar-refractivity contribution in [2.75, 3.05) is 20.8 Å². The molecular formula is C28H23N3O8S. The number of imide groups is 1. The number of thioether (sulfide) groups is 1. The second-order valence-corrected chi connectivity index (χ2v) is 9.13. The smallest absolute Gasteiger partial charge is 0.331 e. The van der Waals surface area contributed by atoms with Gasteiger partial charge in [-0.05, 0) is 77.5 Å². The highest BCUT2D eigenvalue weighted by Crippen LogP contribution is 2.34. The number of carbonyl (C=O) groups excluding carboxylic acids is 4. The fourth-order valence-electron chi connectivity index (χ4n) is 3.54. The molecule has 0 radical (unpaired) electrons. The van der Waals surface area contributed by atoms with Crippen LogP contribution in [0.4, 0.5) is 4.79 Å². The molecule has 0 atom stereocenters. The van der Waals surface area contributed by atoms with Gasteiger partial charge in [-0.25, -0.2) is 10.2 Å². The Hall–Kier alpha value is -5.10. The van der Waals surface area contributed by atoms with Crippen LogP contribution in [0.25, 0.3) is 6.08 Å². The van der Waals surface area contributed by atoms with E-state index in [1.807, 2.05) is 0 Å². The van der Waals surface area contributed by atoms with Gasteiger partial charge in [-0.2, -0.15) is 5.10 Å². The maximum atomic E-state index is 12.8. The maximum Gasteiger partial charge on any atom is 0.331 e. The van der Waals surface area contributed by atoms with Gasteiger partial charge >= 0.3 is 5.97 Å². The number of para-hydroxylation sites is 1. The van der Waals surface area contributed by atoms with E-state index < -0.39 is 29.6 Å². The number of benzene rings is 3. The average Bonchev–Trinajstić information content (AvgIpc) is 3.21. The summed E-state index contributed by atoms with van der Waals surface area (Å²) in [5.41, 5.74) is 3.60. The molecule has 3 aromatic carbocycles. The Morgan fingerprint density at radius 2 is 1.68 bits per heavy atom. The van der Waals surface area contributed by atoms with Crippen LogP contribution >= 0.6 is 11.8 Å². The molecule has 204 valence electrons. The molecule has 1 heterocycles. The van der Waals surface area contributed by atoms with Crippen LogP contribution in [-0.4, -0.2) is 60.0 Å². The quantitative estimate of drug-likeness (QED) is 0.131. The summed E-state index contributed by atoms with van der Waals surface area (Å²) in [5.74, 6) is -0.980. The second kappa shape index (κ2) is 12.6. The van der Waals surface area contributed by atoms with E-state index in [0.717, 1.165) is 16.7 Å². The third-order valence-electron chi connectivity index (χ3n) is 5.51. The molecule has 0 unspecified atom stereocenters. The summed E-state index contributed by atoms with van der Waals surface area (Å²) in [4.78, 5) is 50.7. The molecule has 0 aromatic heterocycles. The summed E-state index contributed by atoms with van der Waals surface area (Å²) in [6, 6.07) is 17.3. The third-order valence-corrected chi connectivity index (χ3v) is 6.41. The minimum Gasteiger partial charge on any atom is -0.507 e. The van der Waals surface area contributed by atoms with Crippen LogP contribution in [0, 0.1) is 0 Å². The fourth-order valence-corrected chi connectivity index (χ4v) is 4.37. The average molecular weight is 562 g/mol. The number of methoxy groups -OCH3 is 2. The van der Waals surface area contributed by atoms with Gasteiger partial charge in [0.1, 0.15) is 18.0 Å². The molecule has 1 aliphatic heterocycles. The molecule has 3 aromatic rings. The summed E-state index contributed by atoms with van der Waals surface area (Å²) in [5, 5.41) is 13.0. The zero-order valence-corrected chi connectivity index (χ0v) is 22.1. The zero-order chi connectivity index (χ0) is 28.6. The van der Waals surface area contributed by atoms with Crippen LogP contribution in [0.3, 0.4) is 0 Å². The van der Waals surface area contributed by atoms with Crippen LogP contribution < -0.4 is 19.6 Å². The van der Waals surface area contributed by atoms with Gasteiger partial charge in [0.15, 0.2) is 11.5 Å². The minimum atomic E-state index is -0.800. The van der Waals surface area contributed by atoms with Crippen LogP contribution in [0.15, 0.2) is 76.7 Å². The number of phenolic OH excluding ortho intramolecular Hbond substituents is 1. The molecule has 1 saturated heterocycles. The number of rotatable bonds is 9. The normalized spacial score (nSPS) is 14.1. The van der Waals surface area contributed by atoms with E-state index in [-0.39, 0.29) is 22.0 Å². The molecule has 3 amide bonds. The lowest BCUT2D eigenvalue weighted by molar-refractivity contribution is -0.138. The van der Waals surface area contributed by atoms with Crippen molar-refractivity contribution in [3.63, 3.8) is 0 Å². The van der Waals surface area contributed by atoms with Crippen molar-refractivity contribution in [2.45, 2.75) is 0 Å². The minimum absolute atomic E-state index is 0.0823. The van der Waals surface area contributed by atoms with Crippen molar-refractivity contribution in [3.05, 3.63) is 88.3 Å². The van der Waals surface area contributed by atoms with E-state index in [9.17, 15) is 24.3 Å². The number of amides is 3. The van der Waals surface area contributed by atoms with Crippen molar-refractivity contribution >= 4 is 47.1 Å². The number of aromatic hydroxyl groups is 1. The van der Waals surface area contributed by atoms with Gasteiger partial charge in [0.25, 0.3) is 17.1 Å². The first-order chi connectivity index (χ1) is 19.3. The molecule has 0 bridgehead atoms. The maximum absolute atomic E-state index is 12.8. The lowest BCUT2D eigenvalue weighted by Gasteiger charge is -2.11. The summed E-state index contributed by atoms with van der Waals surface area (Å²) in [6.07, 6.45) is 2.90. The largest absolute Gasteiger partial charge is 0.507 e. The zero-order valence-electron chi connectivity index (χ0n) is 21.3. The number of nitrogens with zero attached hydrogens (tertiary/aromatic N) is 2. The van der Waals surface area contributed by atoms with Crippen LogP contribution in [0.5, 0.6) is 23.0 Å². The van der Waals surface area contributed by atoms with Gasteiger partial charge in [0.05, 0.1) is 30.9 Å². The number of hydrazone groups is 1. The summed E-state index contributed by atoms with van der Waals surface area (Å²) < 4.78 is 15.7. The first kappa shape index (κ1) is 27.9. The predicted octanol–water partition coefficient (Wildman–Crippen LogP) is 3.82. The number of phenols is 1. The monoisotopic (exact) mass is 561 g/mol. The molecular weight excluding hydrogens is 538 g/mol. The van der Waals surface area contributed by atoms with Crippen LogP contribution in [0.1, 0.15) is 21.5 Å². The highest BCUT2D eigenvalue weighted by molar-refractivity contribution is 8.18. The molecule has 0 aliphatic carbocycles. The summed E-state index contributed by atoms with van der Waals surface area (Å²) in [7, 11) is 3.00. The Bertz CT molecular complexity index is 1520. The first-order valence-electron chi connectivity index (χ1n) is 11.7. The molecule has 40 heavy (non-hydrogen) atoms. The van der Waals surface area contributed by atoms with E-state index in [1.165, 1.54) is 50.8 Å². The molecule has 1 fully saturated rings. The van der Waals surface area contributed by atoms with E-state index >= 15 is 0 Å². The topological polar surface area (TPSA) is 144 Å². The lowest BCUT2D eigenvalue weighted by atomic mass is 10.2. The van der Waals surface area contributed by atoms with Gasteiger partial charge in [0, 0.05) is 0 Å². The Morgan fingerprint density at radius 1 is 0.975 bits per heavy atom. The fraction of sp³-hybridized carbons (Fsp3) is 0.107. The predicted molar refractivity (Wildman–Crippen MR) is 147 cm³/mol. The van der Waals surface area contributed by atoms with E-state index in [0.29, 0.717) is 22.6 Å². The van der Waals surface area contributed by atoms with Gasteiger partial charge < -0.3 is 19.3 Å². The van der Waals surface area contributed by atoms with Gasteiger partial charge in [-0.15, -0.1) is 0 Å². The van der Waals surface area contributed by atoms with E-state index in [1.54, 1.807) is 42.5 Å². The lowest BCUT2D eigenvalue weighted by Crippen LogP contribution is -2.35. The molecule has 4 rings (SSSR count). The second-order valence-electron chi connectivity index (χ2n) is 8.14. The molecule has 1 aliphatic rings. The Morgan fingerprint density at radius 3 is 2.38 bits per heavy atom. The SMILES string of the molecule is COc1ccc(C=C2SC(=O)N(CC(=O)Oc3ccc(C=NNC(=O)c4ccccc4O)cc3)C2=O)cc1OC. The van der Waals surface area contributed by atoms with E-state index in [4.69, 9.17) is 14.2 Å². The van der Waals surface area contributed by atoms with Crippen molar-refractivity contribution in [2.24, 2.45) is 5.10 Å². The first-order valence-corrected chi connectivity index (χ1v) is 12.5. The number of nitrogens with one attached hydrogen (secondary N) is 1. The van der Waals surface area contributed by atoms with Crippen molar-refractivity contribution < 1.29 is 38.5 Å². The summed E-state index contributed by atoms with van der Waals surface area (Å²) in [6.45, 7) is -0.560. The van der Waals surface area contributed by atoms with Gasteiger partial charge in [-0.1, -0.05) is 18.2 Å². The number of esters is 1. The van der Waals surface area contributed by atoms with Crippen molar-refractivity contribution in [3.8, 4) is 23.0 Å². The Balaban J connectivity index is 1.32. The molecule has 0 spiro atoms. The standard InChI is InChI=1S/C28H23N3O8S/c1-37-22-12-9-18(13-23(22)38-2)14-24-27(35)31(28(36)40-24)16-25(33)39-19-10-7-17(8-11-19)15-29-30-26(34)20-5-3-4-6-21(20)32/h3-15,32H,16H2,1-2H3,(H,30,34). The molecule has 2 N–H and O–H groups in total. The van der Waals surface area contributed by atoms with Gasteiger partial charge in [-0.3, -0.25) is 19.3 Å². The number of carbonyl (C=O) groups is 4. The number of hydrogen-bond donors (Lipinski definition) is 2. The number of ether oxygens (including phenoxy) is 3. The van der Waals surface area contributed by atoms with E-state index in [2.05, 4.69) is 10.5 Å². The van der Waals surface area contributed by atoms with Crippen LogP contribution in [0.2, 0.25) is 0 Å². The molecule has 0 saturated carbocycles. The van der Waals surface area contributed by atoms with Crippen molar-refractivity contribution in [1.82, 2.24) is 10.3 Å². The third kappa shape index (κ3) is 6.66. The molecule has 12 heteroatoms. The Kier molecular flexibility index (Phi) is 8.82. The van der Waals surface area contributed by atoms with Crippen LogP contribution in [-0.2, 0) is 9.59 Å². The summed E-state index contributed by atoms with van der Waals surface area (Å²) >= 11 is 0.719. The van der Waals surface area contributed by atoms with Gasteiger partial charge in [0.2, 0.25) is 0 Å².